The molecule has 0 heterocycles. The molecule has 1 aromatic rings. The van der Waals surface area contributed by atoms with Crippen LogP contribution in [0.25, 0.3) is 0 Å². The van der Waals surface area contributed by atoms with Crippen LogP contribution in [0.5, 0.6) is 0 Å². The number of anilines is 1. The van der Waals surface area contributed by atoms with Crippen molar-refractivity contribution < 1.29 is 0 Å². The first-order valence-corrected chi connectivity index (χ1v) is 8.18. The van der Waals surface area contributed by atoms with Gasteiger partial charge in [-0.1, -0.05) is 38.4 Å². The summed E-state index contributed by atoms with van der Waals surface area (Å²) >= 11 is 6.47. The molecule has 1 unspecified atom stereocenters. The van der Waals surface area contributed by atoms with E-state index in [9.17, 15) is 0 Å². The molecular weight excluding hydrogens is 268 g/mol. The molecule has 0 bridgehead atoms. The summed E-state index contributed by atoms with van der Waals surface area (Å²) in [5.41, 5.74) is 2.39. The molecule has 0 aliphatic heterocycles. The van der Waals surface area contributed by atoms with Crippen molar-refractivity contribution in [1.29, 1.82) is 0 Å². The van der Waals surface area contributed by atoms with E-state index in [4.69, 9.17) is 11.6 Å². The first-order valence-electron chi connectivity index (χ1n) is 7.80. The Kier molecular flexibility index (Phi) is 7.39. The van der Waals surface area contributed by atoms with E-state index in [1.165, 1.54) is 11.3 Å². The Balaban J connectivity index is 2.87. The van der Waals surface area contributed by atoms with Gasteiger partial charge in [-0.2, -0.15) is 0 Å². The molecule has 2 nitrogen and oxygen atoms in total. The van der Waals surface area contributed by atoms with Crippen molar-refractivity contribution in [3.63, 3.8) is 0 Å². The van der Waals surface area contributed by atoms with Crippen molar-refractivity contribution in [2.75, 3.05) is 18.5 Å². The zero-order valence-corrected chi connectivity index (χ0v) is 14.3. The van der Waals surface area contributed by atoms with Gasteiger partial charge in [0.2, 0.25) is 0 Å². The highest BCUT2D eigenvalue weighted by atomic mass is 35.5. The highest BCUT2D eigenvalue weighted by molar-refractivity contribution is 6.31. The van der Waals surface area contributed by atoms with Crippen LogP contribution in [0, 0.1) is 0 Å². The van der Waals surface area contributed by atoms with Crippen LogP contribution in [0.3, 0.4) is 0 Å². The maximum atomic E-state index is 6.47. The summed E-state index contributed by atoms with van der Waals surface area (Å²) in [4.78, 5) is 2.33. The van der Waals surface area contributed by atoms with E-state index in [2.05, 4.69) is 63.2 Å². The number of benzene rings is 1. The van der Waals surface area contributed by atoms with Gasteiger partial charge < -0.3 is 10.2 Å². The highest BCUT2D eigenvalue weighted by Crippen LogP contribution is 2.29. The molecule has 1 atom stereocenters. The van der Waals surface area contributed by atoms with E-state index >= 15 is 0 Å². The van der Waals surface area contributed by atoms with E-state index in [0.717, 1.165) is 30.8 Å². The average Bonchev–Trinajstić information content (AvgIpc) is 2.45. The van der Waals surface area contributed by atoms with Crippen LogP contribution in [0.15, 0.2) is 18.2 Å². The lowest BCUT2D eigenvalue weighted by Crippen LogP contribution is -2.30. The summed E-state index contributed by atoms with van der Waals surface area (Å²) in [6.07, 6.45) is 3.44. The summed E-state index contributed by atoms with van der Waals surface area (Å²) in [5.74, 6) is 0. The van der Waals surface area contributed by atoms with Gasteiger partial charge in [0.25, 0.3) is 0 Å². The summed E-state index contributed by atoms with van der Waals surface area (Å²) in [7, 11) is 2.15. The minimum atomic E-state index is 0.301. The number of nitrogens with one attached hydrogen (secondary N) is 1. The molecule has 0 fully saturated rings. The van der Waals surface area contributed by atoms with Crippen LogP contribution in [0.4, 0.5) is 5.69 Å². The largest absolute Gasteiger partial charge is 0.372 e. The Hall–Kier alpha value is -0.730. The summed E-state index contributed by atoms with van der Waals surface area (Å²) in [6, 6.07) is 7.31. The third kappa shape index (κ3) is 4.39. The van der Waals surface area contributed by atoms with Gasteiger partial charge >= 0.3 is 0 Å². The zero-order valence-electron chi connectivity index (χ0n) is 13.5. The van der Waals surface area contributed by atoms with Crippen molar-refractivity contribution >= 4 is 17.3 Å². The molecule has 0 amide bonds. The van der Waals surface area contributed by atoms with E-state index < -0.39 is 0 Å². The molecule has 0 saturated carbocycles. The number of hydrogen-bond donors (Lipinski definition) is 1. The maximum Gasteiger partial charge on any atom is 0.0474 e. The van der Waals surface area contributed by atoms with Crippen molar-refractivity contribution in [2.45, 2.75) is 59.0 Å². The van der Waals surface area contributed by atoms with Crippen molar-refractivity contribution in [2.24, 2.45) is 0 Å². The molecule has 0 spiro atoms. The predicted octanol–water partition coefficient (Wildman–Crippen LogP) is 5.03. The molecular formula is C17H29ClN2. The fourth-order valence-corrected chi connectivity index (χ4v) is 2.94. The van der Waals surface area contributed by atoms with Gasteiger partial charge in [0.1, 0.15) is 0 Å². The van der Waals surface area contributed by atoms with Gasteiger partial charge in [0.05, 0.1) is 0 Å². The van der Waals surface area contributed by atoms with Gasteiger partial charge in [0.15, 0.2) is 0 Å². The SMILES string of the molecule is CCCNC(C)c1ccc(N(C)C(CC)CC)cc1Cl. The van der Waals surface area contributed by atoms with Crippen molar-refractivity contribution in [3.05, 3.63) is 28.8 Å². The molecule has 0 aliphatic rings. The molecule has 1 rings (SSSR count). The third-order valence-electron chi connectivity index (χ3n) is 4.05. The molecule has 0 saturated heterocycles. The quantitative estimate of drug-likeness (QED) is 0.724. The summed E-state index contributed by atoms with van der Waals surface area (Å²) in [5, 5.41) is 4.34. The van der Waals surface area contributed by atoms with Crippen LogP contribution >= 0.6 is 11.6 Å². The van der Waals surface area contributed by atoms with E-state index in [-0.39, 0.29) is 0 Å². The van der Waals surface area contributed by atoms with E-state index in [0.29, 0.717) is 12.1 Å². The first kappa shape index (κ1) is 17.3. The van der Waals surface area contributed by atoms with Crippen LogP contribution < -0.4 is 10.2 Å². The number of nitrogens with zero attached hydrogens (tertiary/aromatic N) is 1. The standard InChI is InChI=1S/C17H29ClN2/c1-6-11-19-13(4)16-10-9-15(12-17(16)18)20(5)14(7-2)8-3/h9-10,12-14,19H,6-8,11H2,1-5H3. The lowest BCUT2D eigenvalue weighted by Gasteiger charge is -2.29. The fourth-order valence-electron chi connectivity index (χ4n) is 2.60. The predicted molar refractivity (Wildman–Crippen MR) is 90.9 cm³/mol. The lowest BCUT2D eigenvalue weighted by atomic mass is 10.1. The summed E-state index contributed by atoms with van der Waals surface area (Å²) in [6.45, 7) is 9.83. The van der Waals surface area contributed by atoms with Gasteiger partial charge in [-0.3, -0.25) is 0 Å². The van der Waals surface area contributed by atoms with Gasteiger partial charge in [0, 0.05) is 29.8 Å². The van der Waals surface area contributed by atoms with E-state index in [1.807, 2.05) is 0 Å². The molecule has 0 aromatic heterocycles. The Labute approximate surface area is 129 Å². The van der Waals surface area contributed by atoms with Crippen LogP contribution in [0.1, 0.15) is 58.6 Å². The van der Waals surface area contributed by atoms with Crippen LogP contribution in [-0.4, -0.2) is 19.6 Å². The monoisotopic (exact) mass is 296 g/mol. The smallest absolute Gasteiger partial charge is 0.0474 e. The minimum Gasteiger partial charge on any atom is -0.372 e. The molecule has 1 N–H and O–H groups in total. The molecule has 3 heteroatoms. The average molecular weight is 297 g/mol. The second-order valence-electron chi connectivity index (χ2n) is 5.46. The van der Waals surface area contributed by atoms with Gasteiger partial charge in [-0.25, -0.2) is 0 Å². The normalized spacial score (nSPS) is 12.8. The third-order valence-corrected chi connectivity index (χ3v) is 4.38. The molecule has 114 valence electrons. The lowest BCUT2D eigenvalue weighted by molar-refractivity contribution is 0.570. The van der Waals surface area contributed by atoms with E-state index in [1.54, 1.807) is 0 Å². The van der Waals surface area contributed by atoms with Gasteiger partial charge in [-0.15, -0.1) is 0 Å². The van der Waals surface area contributed by atoms with Crippen molar-refractivity contribution in [1.82, 2.24) is 5.32 Å². The Morgan fingerprint density at radius 1 is 1.20 bits per heavy atom. The van der Waals surface area contributed by atoms with Crippen LogP contribution in [0.2, 0.25) is 5.02 Å². The Morgan fingerprint density at radius 3 is 2.35 bits per heavy atom. The number of rotatable bonds is 8. The summed E-state index contributed by atoms with van der Waals surface area (Å²) < 4.78 is 0. The number of hydrogen-bond acceptors (Lipinski definition) is 2. The first-order chi connectivity index (χ1) is 9.54. The zero-order chi connectivity index (χ0) is 15.1. The Morgan fingerprint density at radius 2 is 1.85 bits per heavy atom. The second kappa shape index (κ2) is 8.53. The molecule has 1 aromatic carbocycles. The maximum absolute atomic E-state index is 6.47. The second-order valence-corrected chi connectivity index (χ2v) is 5.87. The van der Waals surface area contributed by atoms with Crippen LogP contribution in [-0.2, 0) is 0 Å². The molecule has 0 aliphatic carbocycles. The fraction of sp³-hybridized carbons (Fsp3) is 0.647. The topological polar surface area (TPSA) is 15.3 Å². The molecule has 0 radical (unpaired) electrons. The van der Waals surface area contributed by atoms with Crippen molar-refractivity contribution in [3.8, 4) is 0 Å². The highest BCUT2D eigenvalue weighted by Gasteiger charge is 2.14. The molecule has 20 heavy (non-hydrogen) atoms. The Bertz CT molecular complexity index is 402. The minimum absolute atomic E-state index is 0.301. The van der Waals surface area contributed by atoms with Gasteiger partial charge in [-0.05, 0) is 50.4 Å². The number of halogens is 1.